The molecule has 0 aliphatic rings. The van der Waals surface area contributed by atoms with E-state index in [4.69, 9.17) is 0 Å². The van der Waals surface area contributed by atoms with Crippen molar-refractivity contribution in [3.8, 4) is 0 Å². The highest BCUT2D eigenvalue weighted by Crippen LogP contribution is 2.14. The van der Waals surface area contributed by atoms with Gasteiger partial charge in [-0.3, -0.25) is 14.2 Å². The topological polar surface area (TPSA) is 102 Å². The molecule has 3 rings (SSSR count). The molecule has 0 saturated heterocycles. The molecule has 134 valence electrons. The predicted molar refractivity (Wildman–Crippen MR) is 95.4 cm³/mol. The van der Waals surface area contributed by atoms with Gasteiger partial charge in [0.1, 0.15) is 5.56 Å². The molecule has 0 bridgehead atoms. The molecule has 0 atom stereocenters. The number of carbonyl (C=O) groups is 2. The Morgan fingerprint density at radius 3 is 2.65 bits per heavy atom. The fourth-order valence-electron chi connectivity index (χ4n) is 2.70. The first-order valence-electron chi connectivity index (χ1n) is 8.02. The highest BCUT2D eigenvalue weighted by molar-refractivity contribution is 6.08. The first-order chi connectivity index (χ1) is 12.3. The molecule has 0 spiro atoms. The average molecular weight is 353 g/mol. The standard InChI is InChI=1S/C18H19N5O3/c1-11-5-4-6-13(7-11)9-23-12(2)8-15(20-23)19-17(24)16-14(18(25)26)10-22(3)21-16/h4-8,10H,9H2,1-3H3,(H,25,26)(H,19,20,24). The van der Waals surface area contributed by atoms with E-state index in [0.29, 0.717) is 12.4 Å². The molecule has 2 N–H and O–H groups in total. The van der Waals surface area contributed by atoms with Crippen LogP contribution in [-0.4, -0.2) is 36.5 Å². The Morgan fingerprint density at radius 2 is 1.96 bits per heavy atom. The van der Waals surface area contributed by atoms with Crippen molar-refractivity contribution in [2.24, 2.45) is 7.05 Å². The van der Waals surface area contributed by atoms with Crippen molar-refractivity contribution in [1.29, 1.82) is 0 Å². The largest absolute Gasteiger partial charge is 0.478 e. The molecule has 0 radical (unpaired) electrons. The van der Waals surface area contributed by atoms with Crippen molar-refractivity contribution in [1.82, 2.24) is 19.6 Å². The van der Waals surface area contributed by atoms with Gasteiger partial charge in [0.15, 0.2) is 11.5 Å². The SMILES string of the molecule is Cc1cccc(Cn2nc(NC(=O)c3nn(C)cc3C(=O)O)cc2C)c1. The zero-order chi connectivity index (χ0) is 18.8. The normalized spacial score (nSPS) is 10.7. The van der Waals surface area contributed by atoms with E-state index in [1.54, 1.807) is 17.8 Å². The van der Waals surface area contributed by atoms with Gasteiger partial charge in [0.2, 0.25) is 0 Å². The van der Waals surface area contributed by atoms with E-state index in [1.807, 2.05) is 32.0 Å². The predicted octanol–water partition coefficient (Wildman–Crippen LogP) is 2.23. The number of hydrogen-bond donors (Lipinski definition) is 2. The van der Waals surface area contributed by atoms with Gasteiger partial charge in [-0.2, -0.15) is 10.2 Å². The van der Waals surface area contributed by atoms with Crippen LogP contribution in [0.2, 0.25) is 0 Å². The van der Waals surface area contributed by atoms with Gasteiger partial charge in [0.25, 0.3) is 5.91 Å². The maximum Gasteiger partial charge on any atom is 0.339 e. The van der Waals surface area contributed by atoms with E-state index in [9.17, 15) is 14.7 Å². The number of carboxylic acid groups (broad SMARTS) is 1. The first-order valence-corrected chi connectivity index (χ1v) is 8.02. The lowest BCUT2D eigenvalue weighted by Gasteiger charge is -2.05. The third-order valence-electron chi connectivity index (χ3n) is 3.91. The molecular formula is C18H19N5O3. The molecule has 8 nitrogen and oxygen atoms in total. The fraction of sp³-hybridized carbons (Fsp3) is 0.222. The van der Waals surface area contributed by atoms with Crippen molar-refractivity contribution >= 4 is 17.7 Å². The summed E-state index contributed by atoms with van der Waals surface area (Å²) in [7, 11) is 1.56. The number of aromatic carboxylic acids is 1. The summed E-state index contributed by atoms with van der Waals surface area (Å²) >= 11 is 0. The Morgan fingerprint density at radius 1 is 1.19 bits per heavy atom. The number of rotatable bonds is 5. The van der Waals surface area contributed by atoms with E-state index in [-0.39, 0.29) is 11.3 Å². The Bertz CT molecular complexity index is 987. The van der Waals surface area contributed by atoms with Gasteiger partial charge in [0, 0.05) is 25.0 Å². The van der Waals surface area contributed by atoms with Gasteiger partial charge in [-0.05, 0) is 19.4 Å². The molecule has 0 fully saturated rings. The number of hydrogen-bond acceptors (Lipinski definition) is 4. The molecule has 8 heteroatoms. The maximum absolute atomic E-state index is 12.4. The highest BCUT2D eigenvalue weighted by atomic mass is 16.4. The number of benzene rings is 1. The second kappa shape index (κ2) is 6.83. The second-order valence-corrected chi connectivity index (χ2v) is 6.14. The number of aryl methyl sites for hydroxylation is 3. The van der Waals surface area contributed by atoms with E-state index >= 15 is 0 Å². The van der Waals surface area contributed by atoms with Gasteiger partial charge in [-0.1, -0.05) is 29.8 Å². The number of carboxylic acids is 1. The molecule has 1 aromatic carbocycles. The van der Waals surface area contributed by atoms with Crippen LogP contribution in [0.5, 0.6) is 0 Å². The van der Waals surface area contributed by atoms with Gasteiger partial charge >= 0.3 is 5.97 Å². The van der Waals surface area contributed by atoms with Crippen molar-refractivity contribution in [3.63, 3.8) is 0 Å². The van der Waals surface area contributed by atoms with Gasteiger partial charge < -0.3 is 10.4 Å². The zero-order valence-corrected chi connectivity index (χ0v) is 14.7. The van der Waals surface area contributed by atoms with Crippen LogP contribution in [-0.2, 0) is 13.6 Å². The summed E-state index contributed by atoms with van der Waals surface area (Å²) in [5, 5.41) is 20.1. The summed E-state index contributed by atoms with van der Waals surface area (Å²) < 4.78 is 3.07. The lowest BCUT2D eigenvalue weighted by molar-refractivity contribution is 0.0692. The molecule has 0 saturated carbocycles. The fourth-order valence-corrected chi connectivity index (χ4v) is 2.70. The summed E-state index contributed by atoms with van der Waals surface area (Å²) in [4.78, 5) is 23.6. The van der Waals surface area contributed by atoms with Crippen molar-refractivity contribution in [2.75, 3.05) is 5.32 Å². The van der Waals surface area contributed by atoms with Crippen molar-refractivity contribution in [3.05, 3.63) is 64.6 Å². The average Bonchev–Trinajstić information content (AvgIpc) is 3.11. The van der Waals surface area contributed by atoms with Crippen LogP contribution in [0.25, 0.3) is 0 Å². The first kappa shape index (κ1) is 17.4. The van der Waals surface area contributed by atoms with Gasteiger partial charge in [0.05, 0.1) is 6.54 Å². The molecule has 1 amide bonds. The molecule has 0 aliphatic carbocycles. The van der Waals surface area contributed by atoms with Crippen LogP contribution in [0.4, 0.5) is 5.82 Å². The molecule has 0 aliphatic heterocycles. The van der Waals surface area contributed by atoms with Crippen LogP contribution >= 0.6 is 0 Å². The van der Waals surface area contributed by atoms with Crippen LogP contribution in [0, 0.1) is 13.8 Å². The molecule has 26 heavy (non-hydrogen) atoms. The number of nitrogens with zero attached hydrogens (tertiary/aromatic N) is 4. The number of nitrogens with one attached hydrogen (secondary N) is 1. The summed E-state index contributed by atoms with van der Waals surface area (Å²) in [6, 6.07) is 9.83. The minimum Gasteiger partial charge on any atom is -0.478 e. The zero-order valence-electron chi connectivity index (χ0n) is 14.7. The van der Waals surface area contributed by atoms with Crippen LogP contribution in [0.1, 0.15) is 37.7 Å². The van der Waals surface area contributed by atoms with E-state index in [2.05, 4.69) is 21.6 Å². The lowest BCUT2D eigenvalue weighted by Crippen LogP contribution is -2.17. The molecule has 2 heterocycles. The summed E-state index contributed by atoms with van der Waals surface area (Å²) in [5.41, 5.74) is 2.84. The molecule has 2 aromatic heterocycles. The summed E-state index contributed by atoms with van der Waals surface area (Å²) in [6.07, 6.45) is 1.29. The molecular weight excluding hydrogens is 334 g/mol. The number of aromatic nitrogens is 4. The number of carbonyl (C=O) groups excluding carboxylic acids is 1. The number of anilines is 1. The molecule has 0 unspecified atom stereocenters. The summed E-state index contributed by atoms with van der Waals surface area (Å²) in [5.74, 6) is -1.46. The summed E-state index contributed by atoms with van der Waals surface area (Å²) in [6.45, 7) is 4.49. The Hall–Kier alpha value is -3.42. The Kier molecular flexibility index (Phi) is 4.57. The molecule has 3 aromatic rings. The minimum absolute atomic E-state index is 0.147. The van der Waals surface area contributed by atoms with Crippen LogP contribution < -0.4 is 5.32 Å². The number of amides is 1. The monoisotopic (exact) mass is 353 g/mol. The smallest absolute Gasteiger partial charge is 0.339 e. The van der Waals surface area contributed by atoms with Crippen LogP contribution in [0.3, 0.4) is 0 Å². The van der Waals surface area contributed by atoms with E-state index in [1.165, 1.54) is 10.9 Å². The lowest BCUT2D eigenvalue weighted by atomic mass is 10.1. The van der Waals surface area contributed by atoms with Crippen molar-refractivity contribution < 1.29 is 14.7 Å². The highest BCUT2D eigenvalue weighted by Gasteiger charge is 2.22. The maximum atomic E-state index is 12.4. The Labute approximate surface area is 150 Å². The van der Waals surface area contributed by atoms with Crippen molar-refractivity contribution in [2.45, 2.75) is 20.4 Å². The van der Waals surface area contributed by atoms with Crippen LogP contribution in [0.15, 0.2) is 36.5 Å². The van der Waals surface area contributed by atoms with E-state index < -0.39 is 11.9 Å². The van der Waals surface area contributed by atoms with E-state index in [0.717, 1.165) is 16.8 Å². The third kappa shape index (κ3) is 3.64. The van der Waals surface area contributed by atoms with Gasteiger partial charge in [-0.15, -0.1) is 0 Å². The minimum atomic E-state index is -1.20. The second-order valence-electron chi connectivity index (χ2n) is 6.14. The van der Waals surface area contributed by atoms with Gasteiger partial charge in [-0.25, -0.2) is 4.79 Å². The third-order valence-corrected chi connectivity index (χ3v) is 3.91. The quantitative estimate of drug-likeness (QED) is 0.732. The Balaban J connectivity index is 1.79.